The molecule has 3 aromatic carbocycles. The molecule has 4 aromatic rings. The lowest BCUT2D eigenvalue weighted by atomic mass is 10.1. The normalized spacial score (nSPS) is 10.8. The Bertz CT molecular complexity index is 1270. The molecule has 0 bridgehead atoms. The number of amides is 1. The summed E-state index contributed by atoms with van der Waals surface area (Å²) in [7, 11) is 0. The average Bonchev–Trinajstić information content (AvgIpc) is 3.12. The monoisotopic (exact) mass is 533 g/mol. The molecule has 0 fully saturated rings. The van der Waals surface area contributed by atoms with Gasteiger partial charge in [0.15, 0.2) is 16.6 Å². The van der Waals surface area contributed by atoms with Crippen LogP contribution >= 0.6 is 51.3 Å². The number of hydrogen-bond donors (Lipinski definition) is 2. The van der Waals surface area contributed by atoms with Gasteiger partial charge in [-0.3, -0.25) is 10.1 Å². The molecule has 31 heavy (non-hydrogen) atoms. The van der Waals surface area contributed by atoms with Crippen LogP contribution in [0.4, 0.5) is 5.69 Å². The van der Waals surface area contributed by atoms with Gasteiger partial charge < -0.3 is 9.73 Å². The van der Waals surface area contributed by atoms with Crippen molar-refractivity contribution in [3.05, 3.63) is 92.2 Å². The molecule has 156 valence electrons. The Morgan fingerprint density at radius 3 is 2.48 bits per heavy atom. The van der Waals surface area contributed by atoms with Crippen molar-refractivity contribution in [3.8, 4) is 0 Å². The lowest BCUT2D eigenvalue weighted by molar-refractivity contribution is 0.0977. The number of aromatic nitrogens is 1. The molecule has 0 radical (unpaired) electrons. The van der Waals surface area contributed by atoms with Gasteiger partial charge in [0.25, 0.3) is 5.91 Å². The Kier molecular flexibility index (Phi) is 6.57. The van der Waals surface area contributed by atoms with Gasteiger partial charge in [-0.2, -0.15) is 0 Å². The predicted molar refractivity (Wildman–Crippen MR) is 131 cm³/mol. The third-order valence-corrected chi connectivity index (χ3v) is 5.59. The zero-order valence-corrected chi connectivity index (χ0v) is 19.7. The minimum absolute atomic E-state index is 0.214. The molecular formula is C22H14BrCl2N3O2S. The molecule has 0 saturated heterocycles. The van der Waals surface area contributed by atoms with E-state index in [4.69, 9.17) is 39.8 Å². The second kappa shape index (κ2) is 9.36. The van der Waals surface area contributed by atoms with E-state index in [1.54, 1.807) is 36.4 Å². The van der Waals surface area contributed by atoms with Crippen LogP contribution in [0.5, 0.6) is 0 Å². The molecule has 0 unspecified atom stereocenters. The summed E-state index contributed by atoms with van der Waals surface area (Å²) in [6.07, 6.45) is 0.494. The standard InChI is InChI=1S/C22H14BrCl2N3O2S/c23-14-5-3-13(4-6-14)21(29)28-22(31)26-16-7-1-12(2-8-16)9-19-27-18-11-15(24)10-17(25)20(18)30-19/h1-8,10-11H,9H2,(H2,26,28,29,31). The first-order valence-electron chi connectivity index (χ1n) is 9.09. The van der Waals surface area contributed by atoms with Gasteiger partial charge >= 0.3 is 0 Å². The Morgan fingerprint density at radius 2 is 1.77 bits per heavy atom. The first-order chi connectivity index (χ1) is 14.9. The maximum Gasteiger partial charge on any atom is 0.257 e. The Hall–Kier alpha value is -2.45. The molecule has 1 aromatic heterocycles. The van der Waals surface area contributed by atoms with Gasteiger partial charge in [0.1, 0.15) is 5.52 Å². The molecule has 0 aliphatic heterocycles. The molecule has 0 aliphatic rings. The molecule has 1 heterocycles. The van der Waals surface area contributed by atoms with E-state index in [2.05, 4.69) is 31.5 Å². The molecule has 0 spiro atoms. The van der Waals surface area contributed by atoms with Crippen LogP contribution in [-0.2, 0) is 6.42 Å². The maximum absolute atomic E-state index is 12.2. The number of hydrogen-bond acceptors (Lipinski definition) is 4. The van der Waals surface area contributed by atoms with Crippen molar-refractivity contribution in [3.63, 3.8) is 0 Å². The SMILES string of the molecule is O=C(NC(=S)Nc1ccc(Cc2nc3cc(Cl)cc(Cl)c3o2)cc1)c1ccc(Br)cc1. The summed E-state index contributed by atoms with van der Waals surface area (Å²) < 4.78 is 6.65. The van der Waals surface area contributed by atoms with Crippen molar-refractivity contribution in [2.45, 2.75) is 6.42 Å². The molecular weight excluding hydrogens is 521 g/mol. The van der Waals surface area contributed by atoms with Gasteiger partial charge in [-0.25, -0.2) is 4.98 Å². The van der Waals surface area contributed by atoms with Gasteiger partial charge in [0, 0.05) is 27.2 Å². The third kappa shape index (κ3) is 5.43. The van der Waals surface area contributed by atoms with Gasteiger partial charge in [-0.1, -0.05) is 51.3 Å². The molecule has 9 heteroatoms. The number of carbonyl (C=O) groups is 1. The fraction of sp³-hybridized carbons (Fsp3) is 0.0455. The highest BCUT2D eigenvalue weighted by molar-refractivity contribution is 9.10. The van der Waals surface area contributed by atoms with E-state index < -0.39 is 0 Å². The van der Waals surface area contributed by atoms with Gasteiger partial charge in [-0.15, -0.1) is 0 Å². The lowest BCUT2D eigenvalue weighted by Crippen LogP contribution is -2.34. The lowest BCUT2D eigenvalue weighted by Gasteiger charge is -2.10. The van der Waals surface area contributed by atoms with Crippen molar-refractivity contribution in [1.29, 1.82) is 0 Å². The summed E-state index contributed by atoms with van der Waals surface area (Å²) >= 11 is 20.7. The Labute approximate surface area is 201 Å². The minimum Gasteiger partial charge on any atom is -0.439 e. The molecule has 0 atom stereocenters. The highest BCUT2D eigenvalue weighted by Gasteiger charge is 2.12. The van der Waals surface area contributed by atoms with Crippen molar-refractivity contribution in [1.82, 2.24) is 10.3 Å². The van der Waals surface area contributed by atoms with Crippen LogP contribution in [0.25, 0.3) is 11.1 Å². The summed E-state index contributed by atoms with van der Waals surface area (Å²) in [6.45, 7) is 0. The number of nitrogens with zero attached hydrogens (tertiary/aromatic N) is 1. The van der Waals surface area contributed by atoms with Gasteiger partial charge in [0.05, 0.1) is 5.02 Å². The van der Waals surface area contributed by atoms with Crippen molar-refractivity contribution < 1.29 is 9.21 Å². The van der Waals surface area contributed by atoms with Gasteiger partial charge in [0.2, 0.25) is 0 Å². The predicted octanol–water partition coefficient (Wildman–Crippen LogP) is 6.61. The third-order valence-electron chi connectivity index (χ3n) is 4.35. The van der Waals surface area contributed by atoms with Crippen LogP contribution in [0.1, 0.15) is 21.8 Å². The van der Waals surface area contributed by atoms with E-state index in [0.717, 1.165) is 15.7 Å². The molecule has 5 nitrogen and oxygen atoms in total. The Balaban J connectivity index is 1.38. The quantitative estimate of drug-likeness (QED) is 0.288. The summed E-state index contributed by atoms with van der Waals surface area (Å²) in [6, 6.07) is 17.9. The first-order valence-corrected chi connectivity index (χ1v) is 11.0. The smallest absolute Gasteiger partial charge is 0.257 e. The number of anilines is 1. The Morgan fingerprint density at radius 1 is 1.06 bits per heavy atom. The van der Waals surface area contributed by atoms with Crippen LogP contribution in [0.15, 0.2) is 69.6 Å². The van der Waals surface area contributed by atoms with Crippen LogP contribution in [0.3, 0.4) is 0 Å². The number of benzene rings is 3. The molecule has 2 N–H and O–H groups in total. The minimum atomic E-state index is -0.281. The van der Waals surface area contributed by atoms with Crippen LogP contribution in [-0.4, -0.2) is 16.0 Å². The fourth-order valence-corrected chi connectivity index (χ4v) is 3.90. The number of halogens is 3. The summed E-state index contributed by atoms with van der Waals surface area (Å²) in [5.74, 6) is 0.258. The van der Waals surface area contributed by atoms with Crippen molar-refractivity contribution >= 4 is 79.2 Å². The average molecular weight is 535 g/mol. The van der Waals surface area contributed by atoms with E-state index >= 15 is 0 Å². The van der Waals surface area contributed by atoms with E-state index in [1.165, 1.54) is 0 Å². The zero-order valence-electron chi connectivity index (χ0n) is 15.8. The summed E-state index contributed by atoms with van der Waals surface area (Å²) in [4.78, 5) is 16.7. The van der Waals surface area contributed by atoms with E-state index in [-0.39, 0.29) is 11.0 Å². The van der Waals surface area contributed by atoms with Gasteiger partial charge in [-0.05, 0) is 66.3 Å². The van der Waals surface area contributed by atoms with Crippen molar-refractivity contribution in [2.24, 2.45) is 0 Å². The highest BCUT2D eigenvalue weighted by atomic mass is 79.9. The van der Waals surface area contributed by atoms with Crippen molar-refractivity contribution in [2.75, 3.05) is 5.32 Å². The molecule has 4 rings (SSSR count). The van der Waals surface area contributed by atoms with E-state index in [0.29, 0.717) is 39.0 Å². The highest BCUT2D eigenvalue weighted by Crippen LogP contribution is 2.29. The molecule has 1 amide bonds. The van der Waals surface area contributed by atoms with Crippen LogP contribution in [0, 0.1) is 0 Å². The summed E-state index contributed by atoms with van der Waals surface area (Å²) in [5.41, 5.74) is 3.40. The number of fused-ring (bicyclic) bond motifs is 1. The number of rotatable bonds is 4. The molecule has 0 aliphatic carbocycles. The van der Waals surface area contributed by atoms with Crippen LogP contribution < -0.4 is 10.6 Å². The topological polar surface area (TPSA) is 67.2 Å². The second-order valence-corrected chi connectivity index (χ2v) is 8.80. The first kappa shape index (κ1) is 21.8. The number of oxazole rings is 1. The summed E-state index contributed by atoms with van der Waals surface area (Å²) in [5, 5.41) is 6.81. The van der Waals surface area contributed by atoms with Crippen LogP contribution in [0.2, 0.25) is 10.0 Å². The molecule has 0 saturated carbocycles. The fourth-order valence-electron chi connectivity index (χ4n) is 2.90. The second-order valence-electron chi connectivity index (χ2n) is 6.63. The number of thiocarbonyl (C=S) groups is 1. The number of nitrogens with one attached hydrogen (secondary N) is 2. The number of carbonyl (C=O) groups excluding carboxylic acids is 1. The van der Waals surface area contributed by atoms with E-state index in [9.17, 15) is 4.79 Å². The zero-order chi connectivity index (χ0) is 22.0. The maximum atomic E-state index is 12.2. The largest absolute Gasteiger partial charge is 0.439 e. The van der Waals surface area contributed by atoms with E-state index in [1.807, 2.05) is 24.3 Å².